The van der Waals surface area contributed by atoms with Gasteiger partial charge in [0.25, 0.3) is 0 Å². The van der Waals surface area contributed by atoms with E-state index in [1.807, 2.05) is 25.2 Å². The minimum absolute atomic E-state index is 0.439. The summed E-state index contributed by atoms with van der Waals surface area (Å²) in [6.45, 7) is 0. The minimum Gasteiger partial charge on any atom is -0.383 e. The Kier molecular flexibility index (Phi) is 0.897. The molecular formula is C10H13NO. The molecule has 3 saturated carbocycles. The van der Waals surface area contributed by atoms with Crippen LogP contribution in [0.5, 0.6) is 0 Å². The Labute approximate surface area is 72.2 Å². The molecule has 64 valence electrons. The van der Waals surface area contributed by atoms with Gasteiger partial charge in [-0.15, -0.1) is 0 Å². The largest absolute Gasteiger partial charge is 0.383 e. The summed E-state index contributed by atoms with van der Waals surface area (Å²) >= 11 is 0. The third-order valence-electron chi connectivity index (χ3n) is 3.61. The lowest BCUT2D eigenvalue weighted by molar-refractivity contribution is -0.116. The summed E-state index contributed by atoms with van der Waals surface area (Å²) in [6.07, 6.45) is 4.51. The Balaban J connectivity index is 1.94. The van der Waals surface area contributed by atoms with Crippen LogP contribution >= 0.6 is 0 Å². The van der Waals surface area contributed by atoms with Gasteiger partial charge in [0.05, 0.1) is 0 Å². The average Bonchev–Trinajstić information content (AvgIpc) is 2.82. The molecule has 3 aliphatic rings. The number of allylic oxidation sites excluding steroid dienone is 1. The van der Waals surface area contributed by atoms with Crippen molar-refractivity contribution in [2.24, 2.45) is 17.3 Å². The van der Waals surface area contributed by atoms with Crippen molar-refractivity contribution in [2.45, 2.75) is 12.8 Å². The molecule has 12 heavy (non-hydrogen) atoms. The number of ketones is 1. The zero-order valence-electron chi connectivity index (χ0n) is 7.50. The normalized spacial score (nSPS) is 50.5. The van der Waals surface area contributed by atoms with Crippen molar-refractivity contribution in [3.05, 3.63) is 11.8 Å². The van der Waals surface area contributed by atoms with Crippen LogP contribution in [0.1, 0.15) is 12.8 Å². The number of nitrogens with zero attached hydrogens (tertiary/aromatic N) is 1. The molecule has 0 aliphatic heterocycles. The molecule has 0 aromatic carbocycles. The molecule has 1 spiro atoms. The Morgan fingerprint density at radius 1 is 1.42 bits per heavy atom. The highest BCUT2D eigenvalue weighted by Gasteiger charge is 2.79. The Bertz CT molecular complexity index is 305. The molecule has 0 aromatic heterocycles. The standard InChI is InChI=1S/C10H13NO/c1-11(2)5-6-7-3-10(7)4-8(10)9(6)12/h5,7-8H,3-4H2,1-2H3/b6-5+/t7-,8-,10?/m1/s1. The average molecular weight is 163 g/mol. The highest BCUT2D eigenvalue weighted by Crippen LogP contribution is 2.82. The molecule has 0 N–H and O–H groups in total. The van der Waals surface area contributed by atoms with Crippen molar-refractivity contribution in [3.63, 3.8) is 0 Å². The first kappa shape index (κ1) is 6.70. The second-order valence-corrected chi connectivity index (χ2v) is 4.66. The molecule has 0 radical (unpaired) electrons. The van der Waals surface area contributed by atoms with Gasteiger partial charge in [0.2, 0.25) is 0 Å². The number of rotatable bonds is 1. The second kappa shape index (κ2) is 1.61. The van der Waals surface area contributed by atoms with E-state index in [0.29, 0.717) is 23.0 Å². The molecule has 0 aromatic rings. The molecule has 0 heterocycles. The van der Waals surface area contributed by atoms with Gasteiger partial charge >= 0.3 is 0 Å². The van der Waals surface area contributed by atoms with E-state index in [1.54, 1.807) is 0 Å². The van der Waals surface area contributed by atoms with E-state index in [9.17, 15) is 4.79 Å². The summed E-state index contributed by atoms with van der Waals surface area (Å²) in [6, 6.07) is 0. The molecule has 0 saturated heterocycles. The molecule has 1 unspecified atom stereocenters. The number of Topliss-reactive ketones (excluding diaryl/α,β-unsaturated/α-hetero) is 1. The van der Waals surface area contributed by atoms with Crippen molar-refractivity contribution in [2.75, 3.05) is 14.1 Å². The molecule has 3 fully saturated rings. The zero-order chi connectivity index (χ0) is 8.51. The van der Waals surface area contributed by atoms with E-state index in [-0.39, 0.29) is 0 Å². The van der Waals surface area contributed by atoms with Crippen molar-refractivity contribution in [3.8, 4) is 0 Å². The van der Waals surface area contributed by atoms with E-state index < -0.39 is 0 Å². The maximum Gasteiger partial charge on any atom is 0.164 e. The first-order valence-electron chi connectivity index (χ1n) is 4.57. The Morgan fingerprint density at radius 3 is 2.58 bits per heavy atom. The lowest BCUT2D eigenvalue weighted by atomic mass is 10.1. The molecule has 2 heteroatoms. The van der Waals surface area contributed by atoms with Crippen LogP contribution in [0, 0.1) is 17.3 Å². The fourth-order valence-electron chi connectivity index (χ4n) is 2.83. The summed E-state index contributed by atoms with van der Waals surface area (Å²) < 4.78 is 0. The lowest BCUT2D eigenvalue weighted by Gasteiger charge is -2.07. The van der Waals surface area contributed by atoms with Gasteiger partial charge in [-0.05, 0) is 24.2 Å². The van der Waals surface area contributed by atoms with Crippen LogP contribution in [0.25, 0.3) is 0 Å². The summed E-state index contributed by atoms with van der Waals surface area (Å²) in [5, 5.41) is 0. The summed E-state index contributed by atoms with van der Waals surface area (Å²) in [7, 11) is 3.97. The van der Waals surface area contributed by atoms with E-state index in [1.165, 1.54) is 12.8 Å². The molecule has 3 aliphatic carbocycles. The van der Waals surface area contributed by atoms with Gasteiger partial charge in [-0.25, -0.2) is 0 Å². The van der Waals surface area contributed by atoms with E-state index >= 15 is 0 Å². The molecule has 0 amide bonds. The van der Waals surface area contributed by atoms with Crippen LogP contribution in [0.2, 0.25) is 0 Å². The van der Waals surface area contributed by atoms with Crippen molar-refractivity contribution in [1.29, 1.82) is 0 Å². The second-order valence-electron chi connectivity index (χ2n) is 4.66. The monoisotopic (exact) mass is 163 g/mol. The molecule has 3 atom stereocenters. The van der Waals surface area contributed by atoms with E-state index in [0.717, 1.165) is 5.57 Å². The summed E-state index contributed by atoms with van der Waals surface area (Å²) in [5.41, 5.74) is 1.62. The van der Waals surface area contributed by atoms with Gasteiger partial charge in [0, 0.05) is 31.8 Å². The zero-order valence-corrected chi connectivity index (χ0v) is 7.50. The number of carbonyl (C=O) groups excluding carboxylic acids is 1. The Hall–Kier alpha value is -0.790. The van der Waals surface area contributed by atoms with E-state index in [4.69, 9.17) is 0 Å². The smallest absolute Gasteiger partial charge is 0.164 e. The quantitative estimate of drug-likeness (QED) is 0.538. The molecule has 2 nitrogen and oxygen atoms in total. The van der Waals surface area contributed by atoms with Gasteiger partial charge in [-0.2, -0.15) is 0 Å². The Morgan fingerprint density at radius 2 is 2.08 bits per heavy atom. The van der Waals surface area contributed by atoms with Crippen LogP contribution in [-0.4, -0.2) is 24.8 Å². The van der Waals surface area contributed by atoms with E-state index in [2.05, 4.69) is 0 Å². The predicted octanol–water partition coefficient (Wildman–Crippen LogP) is 1.04. The summed E-state index contributed by atoms with van der Waals surface area (Å²) in [4.78, 5) is 13.6. The molecular weight excluding hydrogens is 150 g/mol. The van der Waals surface area contributed by atoms with Crippen molar-refractivity contribution < 1.29 is 4.79 Å². The summed E-state index contributed by atoms with van der Waals surface area (Å²) in [5.74, 6) is 1.53. The lowest BCUT2D eigenvalue weighted by Crippen LogP contribution is -2.09. The fourth-order valence-corrected chi connectivity index (χ4v) is 2.83. The SMILES string of the molecule is CN(C)/C=C1/C(=O)[C@H]2CC23C[C@H]13. The minimum atomic E-state index is 0.439. The molecule has 0 bridgehead atoms. The van der Waals surface area contributed by atoms with Crippen LogP contribution < -0.4 is 0 Å². The topological polar surface area (TPSA) is 20.3 Å². The third-order valence-corrected chi connectivity index (χ3v) is 3.61. The van der Waals surface area contributed by atoms with Crippen LogP contribution in [0.15, 0.2) is 11.8 Å². The highest BCUT2D eigenvalue weighted by atomic mass is 16.1. The van der Waals surface area contributed by atoms with Gasteiger partial charge in [-0.1, -0.05) is 0 Å². The third kappa shape index (κ3) is 0.563. The van der Waals surface area contributed by atoms with Gasteiger partial charge in [-0.3, -0.25) is 4.79 Å². The number of carbonyl (C=O) groups is 1. The highest BCUT2D eigenvalue weighted by molar-refractivity contribution is 6.05. The molecule has 3 rings (SSSR count). The van der Waals surface area contributed by atoms with Gasteiger partial charge in [0.15, 0.2) is 5.78 Å². The first-order valence-corrected chi connectivity index (χ1v) is 4.57. The predicted molar refractivity (Wildman–Crippen MR) is 45.4 cm³/mol. The first-order chi connectivity index (χ1) is 5.65. The fraction of sp³-hybridized carbons (Fsp3) is 0.700. The number of hydrogen-bond donors (Lipinski definition) is 0. The number of hydrogen-bond acceptors (Lipinski definition) is 2. The maximum absolute atomic E-state index is 11.6. The van der Waals surface area contributed by atoms with Gasteiger partial charge < -0.3 is 4.90 Å². The van der Waals surface area contributed by atoms with Crippen LogP contribution in [0.4, 0.5) is 0 Å². The van der Waals surface area contributed by atoms with Gasteiger partial charge in [0.1, 0.15) is 0 Å². The van der Waals surface area contributed by atoms with Crippen molar-refractivity contribution in [1.82, 2.24) is 4.90 Å². The maximum atomic E-state index is 11.6. The van der Waals surface area contributed by atoms with Crippen LogP contribution in [0.3, 0.4) is 0 Å². The van der Waals surface area contributed by atoms with Crippen LogP contribution in [-0.2, 0) is 4.79 Å². The van der Waals surface area contributed by atoms with Crippen molar-refractivity contribution >= 4 is 5.78 Å².